The van der Waals surface area contributed by atoms with Crippen molar-refractivity contribution < 1.29 is 32.2 Å². The van der Waals surface area contributed by atoms with Gasteiger partial charge >= 0.3 is 6.18 Å². The maximum absolute atomic E-state index is 13.8. The van der Waals surface area contributed by atoms with Gasteiger partial charge in [-0.05, 0) is 56.6 Å². The van der Waals surface area contributed by atoms with E-state index in [0.29, 0.717) is 51.2 Å². The molecule has 0 N–H and O–H groups in total. The topological polar surface area (TPSA) is 76.9 Å². The first-order valence-electron chi connectivity index (χ1n) is 12.0. The Morgan fingerprint density at radius 1 is 0.897 bits per heavy atom. The molecule has 3 aromatic carbocycles. The van der Waals surface area contributed by atoms with E-state index >= 15 is 0 Å². The fourth-order valence-corrected chi connectivity index (χ4v) is 4.72. The molecule has 0 spiro atoms. The van der Waals surface area contributed by atoms with Gasteiger partial charge in [-0.25, -0.2) is 4.68 Å². The molecule has 0 saturated carbocycles. The molecule has 0 radical (unpaired) electrons. The van der Waals surface area contributed by atoms with Crippen LogP contribution >= 0.6 is 0 Å². The van der Waals surface area contributed by atoms with Crippen molar-refractivity contribution >= 4 is 22.6 Å². The predicted molar refractivity (Wildman–Crippen MR) is 139 cm³/mol. The Hall–Kier alpha value is -4.38. The molecule has 0 fully saturated rings. The highest BCUT2D eigenvalue weighted by atomic mass is 19.4. The van der Waals surface area contributed by atoms with Crippen molar-refractivity contribution in [3.05, 3.63) is 71.4 Å². The maximum atomic E-state index is 13.8. The second-order valence-electron chi connectivity index (χ2n) is 9.32. The highest BCUT2D eigenvalue weighted by Crippen LogP contribution is 2.39. The van der Waals surface area contributed by atoms with Crippen LogP contribution in [0.1, 0.15) is 26.4 Å². The molecule has 2 amide bonds. The molecule has 2 heterocycles. The summed E-state index contributed by atoms with van der Waals surface area (Å²) < 4.78 is 53.3. The van der Waals surface area contributed by atoms with Crippen LogP contribution < -0.4 is 9.47 Å². The van der Waals surface area contributed by atoms with E-state index in [-0.39, 0.29) is 12.2 Å². The highest BCUT2D eigenvalue weighted by molar-refractivity contribution is 6.26. The fraction of sp³-hybridized carbons (Fsp3) is 0.250. The average molecular weight is 539 g/mol. The van der Waals surface area contributed by atoms with Crippen molar-refractivity contribution in [1.82, 2.24) is 19.6 Å². The molecule has 1 aliphatic rings. The Morgan fingerprint density at radius 2 is 1.59 bits per heavy atom. The first-order chi connectivity index (χ1) is 18.5. The second-order valence-corrected chi connectivity index (χ2v) is 9.32. The molecule has 0 bridgehead atoms. The zero-order valence-electron chi connectivity index (χ0n) is 21.7. The number of nitrogens with zero attached hydrogens (tertiary/aromatic N) is 4. The average Bonchev–Trinajstić information content (AvgIpc) is 3.37. The van der Waals surface area contributed by atoms with Gasteiger partial charge in [0.25, 0.3) is 11.8 Å². The molecule has 39 heavy (non-hydrogen) atoms. The number of hydrogen-bond acceptors (Lipinski definition) is 6. The number of likely N-dealkylation sites (N-methyl/N-ethyl adjacent to an activating group) is 1. The van der Waals surface area contributed by atoms with E-state index in [1.54, 1.807) is 42.5 Å². The molecule has 0 aliphatic carbocycles. The predicted octanol–water partition coefficient (Wildman–Crippen LogP) is 4.89. The van der Waals surface area contributed by atoms with E-state index in [1.165, 1.54) is 29.9 Å². The monoisotopic (exact) mass is 538 g/mol. The number of alkyl halides is 3. The van der Waals surface area contributed by atoms with Gasteiger partial charge in [0.2, 0.25) is 0 Å². The van der Waals surface area contributed by atoms with Gasteiger partial charge in [0.15, 0.2) is 17.2 Å². The van der Waals surface area contributed by atoms with E-state index in [9.17, 15) is 22.8 Å². The zero-order chi connectivity index (χ0) is 28.1. The number of imide groups is 1. The molecule has 4 aromatic rings. The van der Waals surface area contributed by atoms with E-state index in [1.807, 2.05) is 19.0 Å². The third kappa shape index (κ3) is 4.48. The van der Waals surface area contributed by atoms with Crippen LogP contribution in [0, 0.1) is 0 Å². The van der Waals surface area contributed by atoms with Crippen LogP contribution in [0.2, 0.25) is 0 Å². The molecular weight excluding hydrogens is 513 g/mol. The molecule has 5 rings (SSSR count). The quantitative estimate of drug-likeness (QED) is 0.312. The summed E-state index contributed by atoms with van der Waals surface area (Å²) in [4.78, 5) is 29.7. The third-order valence-electron chi connectivity index (χ3n) is 6.65. The molecule has 202 valence electrons. The van der Waals surface area contributed by atoms with Crippen molar-refractivity contribution in [2.45, 2.75) is 6.18 Å². The van der Waals surface area contributed by atoms with Gasteiger partial charge in [0, 0.05) is 40.6 Å². The molecule has 0 atom stereocenters. The molecule has 11 heteroatoms. The van der Waals surface area contributed by atoms with Crippen LogP contribution in [0.3, 0.4) is 0 Å². The number of ether oxygens (including phenoxy) is 2. The molecule has 0 saturated heterocycles. The maximum Gasteiger partial charge on any atom is 0.435 e. The van der Waals surface area contributed by atoms with Crippen molar-refractivity contribution in [3.8, 4) is 28.4 Å². The second kappa shape index (κ2) is 9.73. The SMILES string of the molecule is COc1ccc(-c2cc(C(F)(F)F)nn2-c2ccc3c4c(cccc24)C(=O)N(CCN(C)C)C3=O)cc1OC. The van der Waals surface area contributed by atoms with E-state index in [4.69, 9.17) is 9.47 Å². The molecule has 1 aliphatic heterocycles. The van der Waals surface area contributed by atoms with Crippen LogP contribution in [0.4, 0.5) is 13.2 Å². The fourth-order valence-electron chi connectivity index (χ4n) is 4.72. The number of hydrogen-bond donors (Lipinski definition) is 0. The minimum atomic E-state index is -4.71. The number of amides is 2. The summed E-state index contributed by atoms with van der Waals surface area (Å²) in [6.45, 7) is 0.697. The van der Waals surface area contributed by atoms with Gasteiger partial charge < -0.3 is 14.4 Å². The minimum Gasteiger partial charge on any atom is -0.493 e. The van der Waals surface area contributed by atoms with Crippen molar-refractivity contribution in [1.29, 1.82) is 0 Å². The Bertz CT molecular complexity index is 1590. The first-order valence-corrected chi connectivity index (χ1v) is 12.0. The highest BCUT2D eigenvalue weighted by Gasteiger charge is 2.37. The summed E-state index contributed by atoms with van der Waals surface area (Å²) in [6, 6.07) is 13.7. The lowest BCUT2D eigenvalue weighted by atomic mass is 9.93. The van der Waals surface area contributed by atoms with Crippen molar-refractivity contribution in [3.63, 3.8) is 0 Å². The molecular formula is C28H25F3N4O4. The molecule has 1 aromatic heterocycles. The van der Waals surface area contributed by atoms with Crippen molar-refractivity contribution in [2.24, 2.45) is 0 Å². The smallest absolute Gasteiger partial charge is 0.435 e. The number of carbonyl (C=O) groups excluding carboxylic acids is 2. The summed E-state index contributed by atoms with van der Waals surface area (Å²) in [5.41, 5.74) is 0.355. The van der Waals surface area contributed by atoms with Gasteiger partial charge in [-0.3, -0.25) is 14.5 Å². The number of benzene rings is 3. The van der Waals surface area contributed by atoms with Crippen LogP contribution in [0.25, 0.3) is 27.7 Å². The minimum absolute atomic E-state index is 0.144. The summed E-state index contributed by atoms with van der Waals surface area (Å²) in [5, 5.41) is 4.73. The van der Waals surface area contributed by atoms with Gasteiger partial charge in [-0.15, -0.1) is 0 Å². The number of rotatable bonds is 7. The lowest BCUT2D eigenvalue weighted by molar-refractivity contribution is -0.141. The van der Waals surface area contributed by atoms with Gasteiger partial charge in [-0.2, -0.15) is 18.3 Å². The Kier molecular flexibility index (Phi) is 6.55. The van der Waals surface area contributed by atoms with Gasteiger partial charge in [0.05, 0.1) is 25.6 Å². The summed E-state index contributed by atoms with van der Waals surface area (Å²) in [6.07, 6.45) is -4.71. The summed E-state index contributed by atoms with van der Waals surface area (Å²) in [5.74, 6) is -0.148. The summed E-state index contributed by atoms with van der Waals surface area (Å²) in [7, 11) is 6.58. The van der Waals surface area contributed by atoms with Crippen LogP contribution in [-0.2, 0) is 6.18 Å². The number of methoxy groups -OCH3 is 2. The number of aromatic nitrogens is 2. The lowest BCUT2D eigenvalue weighted by Crippen LogP contribution is -2.43. The largest absolute Gasteiger partial charge is 0.493 e. The molecule has 8 nitrogen and oxygen atoms in total. The van der Waals surface area contributed by atoms with E-state index in [0.717, 1.165) is 6.07 Å². The van der Waals surface area contributed by atoms with Gasteiger partial charge in [0.1, 0.15) is 0 Å². The van der Waals surface area contributed by atoms with Crippen LogP contribution in [0.5, 0.6) is 11.5 Å². The first kappa shape index (κ1) is 26.2. The molecule has 0 unspecified atom stereocenters. The van der Waals surface area contributed by atoms with E-state index in [2.05, 4.69) is 5.10 Å². The summed E-state index contributed by atoms with van der Waals surface area (Å²) >= 11 is 0. The van der Waals surface area contributed by atoms with E-state index < -0.39 is 23.7 Å². The number of carbonyl (C=O) groups is 2. The Labute approximate surface area is 222 Å². The van der Waals surface area contributed by atoms with Crippen LogP contribution in [0.15, 0.2) is 54.6 Å². The Balaban J connectivity index is 1.72. The number of halogens is 3. The van der Waals surface area contributed by atoms with Gasteiger partial charge in [-0.1, -0.05) is 12.1 Å². The standard InChI is InChI=1S/C28H25F3N4O4/c1-33(2)12-13-34-26(36)18-7-5-6-17-20(10-9-19(25(17)18)27(34)37)35-21(15-24(32-35)28(29,30)31)16-8-11-22(38-3)23(14-16)39-4/h5-11,14-15H,12-13H2,1-4H3. The Morgan fingerprint density at radius 3 is 2.23 bits per heavy atom. The van der Waals surface area contributed by atoms with Crippen molar-refractivity contribution in [2.75, 3.05) is 41.4 Å². The lowest BCUT2D eigenvalue weighted by Gasteiger charge is -2.28. The zero-order valence-corrected chi connectivity index (χ0v) is 21.7. The normalized spacial score (nSPS) is 13.5. The van der Waals surface area contributed by atoms with Crippen LogP contribution in [-0.4, -0.2) is 72.8 Å². The third-order valence-corrected chi connectivity index (χ3v) is 6.65.